The van der Waals surface area contributed by atoms with Crippen LogP contribution in [0.15, 0.2) is 48.9 Å². The number of aryl methyl sites for hydroxylation is 1. The number of carbonyl (C=O) groups is 1. The highest BCUT2D eigenvalue weighted by Crippen LogP contribution is 2.22. The number of carbonyl (C=O) groups excluding carboxylic acids is 1. The van der Waals surface area contributed by atoms with Crippen molar-refractivity contribution >= 4 is 17.1 Å². The van der Waals surface area contributed by atoms with Crippen molar-refractivity contribution in [1.29, 1.82) is 0 Å². The van der Waals surface area contributed by atoms with E-state index in [9.17, 15) is 4.79 Å². The van der Waals surface area contributed by atoms with Crippen LogP contribution in [0.5, 0.6) is 5.75 Å². The standard InChI is InChI=1S/C18H18N4O2/c1-21-12-20-16-15(7-9-19-17(16)21)18(23)22-10-8-14(11-22)24-13-5-3-2-4-6-13/h2-7,9,12,14H,8,10-11H2,1H3. The molecule has 6 nitrogen and oxygen atoms in total. The summed E-state index contributed by atoms with van der Waals surface area (Å²) in [6, 6.07) is 11.5. The summed E-state index contributed by atoms with van der Waals surface area (Å²) in [4.78, 5) is 23.3. The zero-order valence-corrected chi connectivity index (χ0v) is 13.4. The summed E-state index contributed by atoms with van der Waals surface area (Å²) >= 11 is 0. The molecule has 3 heterocycles. The Kier molecular flexibility index (Phi) is 3.65. The molecule has 4 rings (SSSR count). The molecule has 1 aliphatic heterocycles. The molecule has 0 aliphatic carbocycles. The number of pyridine rings is 1. The molecule has 0 radical (unpaired) electrons. The van der Waals surface area contributed by atoms with Crippen LogP contribution in [0.3, 0.4) is 0 Å². The Labute approximate surface area is 139 Å². The SMILES string of the molecule is Cn1cnc2c(C(=O)N3CCC(Oc4ccccc4)C3)ccnc21. The monoisotopic (exact) mass is 322 g/mol. The fourth-order valence-electron chi connectivity index (χ4n) is 3.07. The van der Waals surface area contributed by atoms with E-state index in [1.807, 2.05) is 46.8 Å². The fourth-order valence-corrected chi connectivity index (χ4v) is 3.07. The van der Waals surface area contributed by atoms with E-state index < -0.39 is 0 Å². The first-order valence-electron chi connectivity index (χ1n) is 7.99. The molecule has 0 spiro atoms. The number of fused-ring (bicyclic) bond motifs is 1. The molecule has 122 valence electrons. The minimum Gasteiger partial charge on any atom is -0.489 e. The first-order valence-corrected chi connectivity index (χ1v) is 7.99. The average molecular weight is 322 g/mol. The molecule has 1 aliphatic rings. The first kappa shape index (κ1) is 14.7. The molecule has 0 N–H and O–H groups in total. The number of hydrogen-bond acceptors (Lipinski definition) is 4. The van der Waals surface area contributed by atoms with Gasteiger partial charge in [0.25, 0.3) is 5.91 Å². The second-order valence-electron chi connectivity index (χ2n) is 5.98. The van der Waals surface area contributed by atoms with Crippen molar-refractivity contribution in [2.75, 3.05) is 13.1 Å². The molecular weight excluding hydrogens is 304 g/mol. The van der Waals surface area contributed by atoms with Crippen molar-refractivity contribution in [3.8, 4) is 5.75 Å². The highest BCUT2D eigenvalue weighted by atomic mass is 16.5. The third-order valence-electron chi connectivity index (χ3n) is 4.31. The number of ether oxygens (including phenoxy) is 1. The maximum atomic E-state index is 12.9. The Hall–Kier alpha value is -2.89. The van der Waals surface area contributed by atoms with Gasteiger partial charge in [-0.05, 0) is 18.2 Å². The summed E-state index contributed by atoms with van der Waals surface area (Å²) in [6.07, 6.45) is 4.19. The van der Waals surface area contributed by atoms with E-state index in [-0.39, 0.29) is 12.0 Å². The maximum absolute atomic E-state index is 12.9. The van der Waals surface area contributed by atoms with Crippen LogP contribution < -0.4 is 4.74 Å². The Morgan fingerprint density at radius 2 is 2.04 bits per heavy atom. The third-order valence-corrected chi connectivity index (χ3v) is 4.31. The Morgan fingerprint density at radius 1 is 1.21 bits per heavy atom. The molecule has 3 aromatic rings. The van der Waals surface area contributed by atoms with Gasteiger partial charge in [-0.25, -0.2) is 9.97 Å². The van der Waals surface area contributed by atoms with Crippen LogP contribution in [-0.2, 0) is 7.05 Å². The second-order valence-corrected chi connectivity index (χ2v) is 5.98. The van der Waals surface area contributed by atoms with Crippen molar-refractivity contribution in [3.05, 3.63) is 54.5 Å². The molecular formula is C18H18N4O2. The van der Waals surface area contributed by atoms with Crippen LogP contribution in [0.2, 0.25) is 0 Å². The lowest BCUT2D eigenvalue weighted by Gasteiger charge is -2.17. The number of nitrogens with zero attached hydrogens (tertiary/aromatic N) is 4. The maximum Gasteiger partial charge on any atom is 0.256 e. The normalized spacial score (nSPS) is 17.4. The summed E-state index contributed by atoms with van der Waals surface area (Å²) in [7, 11) is 1.87. The molecule has 2 aromatic heterocycles. The highest BCUT2D eigenvalue weighted by Gasteiger charge is 2.29. The van der Waals surface area contributed by atoms with Gasteiger partial charge >= 0.3 is 0 Å². The van der Waals surface area contributed by atoms with E-state index in [2.05, 4.69) is 9.97 Å². The van der Waals surface area contributed by atoms with Gasteiger partial charge in [-0.15, -0.1) is 0 Å². The zero-order valence-electron chi connectivity index (χ0n) is 13.4. The minimum atomic E-state index is -0.0136. The van der Waals surface area contributed by atoms with Gasteiger partial charge in [0.2, 0.25) is 0 Å². The van der Waals surface area contributed by atoms with Crippen LogP contribution in [0.1, 0.15) is 16.8 Å². The van der Waals surface area contributed by atoms with Crippen LogP contribution in [0.4, 0.5) is 0 Å². The average Bonchev–Trinajstić information content (AvgIpc) is 3.22. The molecule has 0 saturated carbocycles. The van der Waals surface area contributed by atoms with Crippen molar-refractivity contribution < 1.29 is 9.53 Å². The van der Waals surface area contributed by atoms with Gasteiger partial charge in [0.15, 0.2) is 5.65 Å². The number of benzene rings is 1. The molecule has 0 bridgehead atoms. The van der Waals surface area contributed by atoms with Gasteiger partial charge in [-0.1, -0.05) is 18.2 Å². The largest absolute Gasteiger partial charge is 0.489 e. The van der Waals surface area contributed by atoms with Crippen molar-refractivity contribution in [2.45, 2.75) is 12.5 Å². The zero-order chi connectivity index (χ0) is 16.5. The first-order chi connectivity index (χ1) is 11.7. The molecule has 1 amide bonds. The second kappa shape index (κ2) is 5.96. The van der Waals surface area contributed by atoms with Crippen LogP contribution >= 0.6 is 0 Å². The Balaban J connectivity index is 1.51. The Morgan fingerprint density at radius 3 is 2.88 bits per heavy atom. The number of likely N-dealkylation sites (tertiary alicyclic amines) is 1. The fraction of sp³-hybridized carbons (Fsp3) is 0.278. The molecule has 6 heteroatoms. The summed E-state index contributed by atoms with van der Waals surface area (Å²) in [5.41, 5.74) is 1.97. The van der Waals surface area contributed by atoms with E-state index in [4.69, 9.17) is 4.74 Å². The lowest BCUT2D eigenvalue weighted by atomic mass is 10.2. The number of rotatable bonds is 3. The van der Waals surface area contributed by atoms with Crippen LogP contribution in [0.25, 0.3) is 11.2 Å². The predicted octanol–water partition coefficient (Wildman–Crippen LogP) is 2.26. The van der Waals surface area contributed by atoms with Gasteiger partial charge in [-0.2, -0.15) is 0 Å². The van der Waals surface area contributed by atoms with Gasteiger partial charge in [0.1, 0.15) is 17.4 Å². The summed E-state index contributed by atoms with van der Waals surface area (Å²) in [5, 5.41) is 0. The van der Waals surface area contributed by atoms with E-state index in [0.717, 1.165) is 17.8 Å². The molecule has 1 unspecified atom stereocenters. The van der Waals surface area contributed by atoms with Crippen LogP contribution in [-0.4, -0.2) is 44.5 Å². The molecule has 1 fully saturated rings. The van der Waals surface area contributed by atoms with Gasteiger partial charge in [0.05, 0.1) is 18.4 Å². The summed E-state index contributed by atoms with van der Waals surface area (Å²) in [6.45, 7) is 1.28. The highest BCUT2D eigenvalue weighted by molar-refractivity contribution is 6.04. The van der Waals surface area contributed by atoms with Crippen LogP contribution in [0, 0.1) is 0 Å². The van der Waals surface area contributed by atoms with E-state index in [1.165, 1.54) is 0 Å². The van der Waals surface area contributed by atoms with Gasteiger partial charge < -0.3 is 14.2 Å². The predicted molar refractivity (Wildman–Crippen MR) is 89.9 cm³/mol. The smallest absolute Gasteiger partial charge is 0.256 e. The number of imidazole rings is 1. The number of para-hydroxylation sites is 1. The van der Waals surface area contributed by atoms with Crippen molar-refractivity contribution in [1.82, 2.24) is 19.4 Å². The van der Waals surface area contributed by atoms with Gasteiger partial charge in [-0.3, -0.25) is 4.79 Å². The van der Waals surface area contributed by atoms with Crippen molar-refractivity contribution in [3.63, 3.8) is 0 Å². The number of hydrogen-bond donors (Lipinski definition) is 0. The molecule has 1 saturated heterocycles. The third kappa shape index (κ3) is 2.60. The minimum absolute atomic E-state index is 0.0136. The van der Waals surface area contributed by atoms with E-state index in [1.54, 1.807) is 18.6 Å². The lowest BCUT2D eigenvalue weighted by Crippen LogP contribution is -2.31. The number of aromatic nitrogens is 3. The van der Waals surface area contributed by atoms with E-state index in [0.29, 0.717) is 24.2 Å². The molecule has 24 heavy (non-hydrogen) atoms. The van der Waals surface area contributed by atoms with Gasteiger partial charge in [0, 0.05) is 26.2 Å². The topological polar surface area (TPSA) is 60.2 Å². The quantitative estimate of drug-likeness (QED) is 0.742. The van der Waals surface area contributed by atoms with E-state index >= 15 is 0 Å². The lowest BCUT2D eigenvalue weighted by molar-refractivity contribution is 0.0774. The summed E-state index contributed by atoms with van der Waals surface area (Å²) < 4.78 is 7.77. The van der Waals surface area contributed by atoms with Crippen molar-refractivity contribution in [2.24, 2.45) is 7.05 Å². The number of amides is 1. The molecule has 1 atom stereocenters. The Bertz CT molecular complexity index is 875. The molecule has 1 aromatic carbocycles. The summed E-state index contributed by atoms with van der Waals surface area (Å²) in [5.74, 6) is 0.827.